The molecule has 0 fully saturated rings. The highest BCUT2D eigenvalue weighted by Crippen LogP contribution is 2.36. The van der Waals surface area contributed by atoms with E-state index in [1.165, 1.54) is 11.1 Å². The summed E-state index contributed by atoms with van der Waals surface area (Å²) in [6, 6.07) is 12.8. The lowest BCUT2D eigenvalue weighted by Crippen LogP contribution is -2.04. The van der Waals surface area contributed by atoms with Gasteiger partial charge in [0, 0.05) is 12.7 Å². The zero-order chi connectivity index (χ0) is 13.2. The first-order chi connectivity index (χ1) is 9.26. The summed E-state index contributed by atoms with van der Waals surface area (Å²) in [5.74, 6) is 1.93. The van der Waals surface area contributed by atoms with Gasteiger partial charge < -0.3 is 14.9 Å². The molecule has 0 bridgehead atoms. The van der Waals surface area contributed by atoms with Crippen molar-refractivity contribution in [3.8, 4) is 17.2 Å². The fourth-order valence-electron chi connectivity index (χ4n) is 2.60. The monoisotopic (exact) mass is 256 g/mol. The zero-order valence-corrected chi connectivity index (χ0v) is 10.5. The molecule has 2 aromatic rings. The van der Waals surface area contributed by atoms with Crippen LogP contribution in [0.5, 0.6) is 17.2 Å². The minimum absolute atomic E-state index is 0.193. The van der Waals surface area contributed by atoms with Crippen molar-refractivity contribution in [3.63, 3.8) is 0 Å². The van der Waals surface area contributed by atoms with E-state index in [-0.39, 0.29) is 12.4 Å². The number of rotatable bonds is 3. The molecule has 2 N–H and O–H groups in total. The van der Waals surface area contributed by atoms with Crippen LogP contribution in [-0.2, 0) is 12.8 Å². The van der Waals surface area contributed by atoms with Crippen molar-refractivity contribution in [2.24, 2.45) is 5.92 Å². The maximum Gasteiger partial charge on any atom is 0.131 e. The predicted octanol–water partition coefficient (Wildman–Crippen LogP) is 2.89. The van der Waals surface area contributed by atoms with Gasteiger partial charge in [0.25, 0.3) is 0 Å². The molecule has 3 rings (SSSR count). The van der Waals surface area contributed by atoms with E-state index < -0.39 is 0 Å². The molecule has 19 heavy (non-hydrogen) atoms. The number of fused-ring (bicyclic) bond motifs is 1. The van der Waals surface area contributed by atoms with Crippen LogP contribution in [0.25, 0.3) is 0 Å². The Hall–Kier alpha value is -2.00. The standard InChI is InChI=1S/C16H16O3/c17-10-11-7-12-3-1-6-16(15(12)8-11)19-14-5-2-4-13(18)9-14/h1-6,9,11,17-18H,7-8,10H2. The normalized spacial score (nSPS) is 17.2. The van der Waals surface area contributed by atoms with Crippen LogP contribution >= 0.6 is 0 Å². The van der Waals surface area contributed by atoms with Crippen LogP contribution in [0.2, 0.25) is 0 Å². The van der Waals surface area contributed by atoms with E-state index in [0.717, 1.165) is 18.6 Å². The van der Waals surface area contributed by atoms with Crippen molar-refractivity contribution in [1.82, 2.24) is 0 Å². The van der Waals surface area contributed by atoms with Gasteiger partial charge in [0.05, 0.1) is 0 Å². The van der Waals surface area contributed by atoms with Crippen LogP contribution in [0.1, 0.15) is 11.1 Å². The Balaban J connectivity index is 1.89. The molecule has 1 aliphatic carbocycles. The summed E-state index contributed by atoms with van der Waals surface area (Å²) in [4.78, 5) is 0. The maximum atomic E-state index is 9.45. The lowest BCUT2D eigenvalue weighted by Gasteiger charge is -2.10. The smallest absolute Gasteiger partial charge is 0.131 e. The third kappa shape index (κ3) is 2.42. The first kappa shape index (κ1) is 12.1. The first-order valence-corrected chi connectivity index (χ1v) is 6.45. The highest BCUT2D eigenvalue weighted by atomic mass is 16.5. The average Bonchev–Trinajstić information content (AvgIpc) is 2.83. The number of aliphatic hydroxyl groups is 1. The molecule has 3 nitrogen and oxygen atoms in total. The van der Waals surface area contributed by atoms with Crippen LogP contribution in [0.4, 0.5) is 0 Å². The minimum Gasteiger partial charge on any atom is -0.508 e. The molecular weight excluding hydrogens is 240 g/mol. The van der Waals surface area contributed by atoms with E-state index in [1.54, 1.807) is 18.2 Å². The Kier molecular flexibility index (Phi) is 3.13. The lowest BCUT2D eigenvalue weighted by molar-refractivity contribution is 0.232. The molecule has 0 amide bonds. The predicted molar refractivity (Wildman–Crippen MR) is 72.6 cm³/mol. The summed E-state index contributed by atoms with van der Waals surface area (Å²) < 4.78 is 5.85. The van der Waals surface area contributed by atoms with Gasteiger partial charge in [-0.3, -0.25) is 0 Å². The second-order valence-electron chi connectivity index (χ2n) is 4.95. The van der Waals surface area contributed by atoms with Gasteiger partial charge in [-0.25, -0.2) is 0 Å². The summed E-state index contributed by atoms with van der Waals surface area (Å²) in [7, 11) is 0. The molecule has 0 radical (unpaired) electrons. The number of ether oxygens (including phenoxy) is 1. The van der Waals surface area contributed by atoms with Crippen molar-refractivity contribution >= 4 is 0 Å². The van der Waals surface area contributed by atoms with Gasteiger partial charge in [0.1, 0.15) is 17.2 Å². The Morgan fingerprint density at radius 3 is 2.74 bits per heavy atom. The fraction of sp³-hybridized carbons (Fsp3) is 0.250. The van der Waals surface area contributed by atoms with Crippen LogP contribution in [-0.4, -0.2) is 16.8 Å². The Bertz CT molecular complexity index is 592. The SMILES string of the molecule is OCC1Cc2cccc(Oc3cccc(O)c3)c2C1. The summed E-state index contributed by atoms with van der Waals surface area (Å²) in [5, 5.41) is 18.7. The molecule has 1 unspecified atom stereocenters. The van der Waals surface area contributed by atoms with E-state index in [4.69, 9.17) is 4.74 Å². The van der Waals surface area contributed by atoms with Crippen molar-refractivity contribution in [1.29, 1.82) is 0 Å². The van der Waals surface area contributed by atoms with E-state index in [0.29, 0.717) is 11.7 Å². The molecule has 0 heterocycles. The van der Waals surface area contributed by atoms with Crippen molar-refractivity contribution < 1.29 is 14.9 Å². The molecule has 0 aromatic heterocycles. The number of hydrogen-bond acceptors (Lipinski definition) is 3. The second kappa shape index (κ2) is 4.94. The highest BCUT2D eigenvalue weighted by molar-refractivity contribution is 5.46. The summed E-state index contributed by atoms with van der Waals surface area (Å²) >= 11 is 0. The molecule has 0 spiro atoms. The third-order valence-electron chi connectivity index (χ3n) is 3.54. The molecule has 0 saturated heterocycles. The van der Waals surface area contributed by atoms with Gasteiger partial charge in [-0.1, -0.05) is 18.2 Å². The van der Waals surface area contributed by atoms with Gasteiger partial charge in [-0.05, 0) is 48.1 Å². The van der Waals surface area contributed by atoms with Crippen molar-refractivity contribution in [2.45, 2.75) is 12.8 Å². The van der Waals surface area contributed by atoms with Gasteiger partial charge in [-0.2, -0.15) is 0 Å². The van der Waals surface area contributed by atoms with Crippen molar-refractivity contribution in [3.05, 3.63) is 53.6 Å². The molecule has 0 aliphatic heterocycles. The summed E-state index contributed by atoms with van der Waals surface area (Å²) in [6.45, 7) is 0.209. The van der Waals surface area contributed by atoms with Gasteiger partial charge >= 0.3 is 0 Å². The number of benzene rings is 2. The molecular formula is C16H16O3. The number of hydrogen-bond donors (Lipinski definition) is 2. The number of aliphatic hydroxyl groups excluding tert-OH is 1. The highest BCUT2D eigenvalue weighted by Gasteiger charge is 2.23. The quantitative estimate of drug-likeness (QED) is 0.887. The van der Waals surface area contributed by atoms with Crippen LogP contribution in [0.3, 0.4) is 0 Å². The lowest BCUT2D eigenvalue weighted by atomic mass is 10.1. The Morgan fingerprint density at radius 2 is 1.95 bits per heavy atom. The Labute approximate surface area is 112 Å². The molecule has 1 atom stereocenters. The van der Waals surface area contributed by atoms with Gasteiger partial charge in [0.2, 0.25) is 0 Å². The zero-order valence-electron chi connectivity index (χ0n) is 10.5. The van der Waals surface area contributed by atoms with Gasteiger partial charge in [-0.15, -0.1) is 0 Å². The van der Waals surface area contributed by atoms with Crippen molar-refractivity contribution in [2.75, 3.05) is 6.61 Å². The van der Waals surface area contributed by atoms with E-state index in [2.05, 4.69) is 6.07 Å². The van der Waals surface area contributed by atoms with Crippen LogP contribution < -0.4 is 4.74 Å². The minimum atomic E-state index is 0.193. The molecule has 0 saturated carbocycles. The summed E-state index contributed by atoms with van der Waals surface area (Å²) in [6.07, 6.45) is 1.75. The average molecular weight is 256 g/mol. The molecule has 1 aliphatic rings. The maximum absolute atomic E-state index is 9.45. The number of phenolic OH excluding ortho intramolecular Hbond substituents is 1. The van der Waals surface area contributed by atoms with E-state index in [9.17, 15) is 10.2 Å². The van der Waals surface area contributed by atoms with Crippen LogP contribution in [0, 0.1) is 5.92 Å². The second-order valence-corrected chi connectivity index (χ2v) is 4.95. The first-order valence-electron chi connectivity index (χ1n) is 6.45. The van der Waals surface area contributed by atoms with E-state index >= 15 is 0 Å². The number of aromatic hydroxyl groups is 1. The largest absolute Gasteiger partial charge is 0.508 e. The number of phenols is 1. The molecule has 98 valence electrons. The van der Waals surface area contributed by atoms with Crippen LogP contribution in [0.15, 0.2) is 42.5 Å². The third-order valence-corrected chi connectivity index (χ3v) is 3.54. The molecule has 3 heteroatoms. The molecule has 2 aromatic carbocycles. The Morgan fingerprint density at radius 1 is 1.11 bits per heavy atom. The summed E-state index contributed by atoms with van der Waals surface area (Å²) in [5.41, 5.74) is 2.42. The van der Waals surface area contributed by atoms with Gasteiger partial charge in [0.15, 0.2) is 0 Å². The fourth-order valence-corrected chi connectivity index (χ4v) is 2.60. The van der Waals surface area contributed by atoms with E-state index in [1.807, 2.05) is 18.2 Å². The topological polar surface area (TPSA) is 49.7 Å².